The zero-order valence-electron chi connectivity index (χ0n) is 55.2. The third-order valence-electron chi connectivity index (χ3n) is 15.9. The third kappa shape index (κ3) is 69.3. The molecule has 480 valence electrons. The Kier molecular flexibility index (Phi) is 68.2. The number of ether oxygens (including phenoxy) is 3. The van der Waals surface area contributed by atoms with Crippen LogP contribution in [0.25, 0.3) is 0 Å². The van der Waals surface area contributed by atoms with Gasteiger partial charge < -0.3 is 14.2 Å². The summed E-state index contributed by atoms with van der Waals surface area (Å²) in [5.74, 6) is -0.976. The smallest absolute Gasteiger partial charge is 0.306 e. The quantitative estimate of drug-likeness (QED) is 0.0261. The molecule has 0 aliphatic carbocycles. The molecule has 0 N–H and O–H groups in total. The molecule has 1 atom stereocenters. The minimum absolute atomic E-state index is 0.105. The van der Waals surface area contributed by atoms with Crippen LogP contribution >= 0.6 is 0 Å². The van der Waals surface area contributed by atoms with E-state index >= 15 is 0 Å². The average molecular weight is 1160 g/mol. The van der Waals surface area contributed by atoms with Crippen LogP contribution in [-0.4, -0.2) is 37.2 Å². The van der Waals surface area contributed by atoms with E-state index in [1.54, 1.807) is 0 Å². The molecule has 0 aliphatic heterocycles. The number of carbonyl (C=O) groups excluding carboxylic acids is 3. The molecule has 0 rings (SSSR count). The van der Waals surface area contributed by atoms with Gasteiger partial charge in [0.05, 0.1) is 0 Å². The number of rotatable bonds is 66. The molecular formula is C77H136O6. The summed E-state index contributed by atoms with van der Waals surface area (Å²) >= 11 is 0. The number of hydrogen-bond acceptors (Lipinski definition) is 6. The largest absolute Gasteiger partial charge is 0.462 e. The van der Waals surface area contributed by atoms with Gasteiger partial charge in [-0.15, -0.1) is 0 Å². The molecule has 1 unspecified atom stereocenters. The van der Waals surface area contributed by atoms with Gasteiger partial charge in [-0.25, -0.2) is 0 Å². The van der Waals surface area contributed by atoms with Crippen LogP contribution in [0.1, 0.15) is 367 Å². The highest BCUT2D eigenvalue weighted by Crippen LogP contribution is 2.18. The van der Waals surface area contributed by atoms with Crippen LogP contribution in [0.4, 0.5) is 0 Å². The normalized spacial score (nSPS) is 12.6. The van der Waals surface area contributed by atoms with Gasteiger partial charge >= 0.3 is 17.9 Å². The van der Waals surface area contributed by atoms with Crippen LogP contribution in [0.3, 0.4) is 0 Å². The van der Waals surface area contributed by atoms with Gasteiger partial charge in [0.15, 0.2) is 6.10 Å². The second kappa shape index (κ2) is 71.1. The van der Waals surface area contributed by atoms with Crippen LogP contribution in [0.5, 0.6) is 0 Å². The van der Waals surface area contributed by atoms with Gasteiger partial charge in [-0.3, -0.25) is 14.4 Å². The summed E-state index contributed by atoms with van der Waals surface area (Å²) in [5, 5.41) is 0. The lowest BCUT2D eigenvalue weighted by molar-refractivity contribution is -0.166. The lowest BCUT2D eigenvalue weighted by Gasteiger charge is -2.18. The van der Waals surface area contributed by atoms with Crippen LogP contribution in [0.2, 0.25) is 0 Å². The summed E-state index contributed by atoms with van der Waals surface area (Å²) in [4.78, 5) is 38.4. The lowest BCUT2D eigenvalue weighted by atomic mass is 10.0. The number of esters is 3. The highest BCUT2D eigenvalue weighted by atomic mass is 16.6. The fourth-order valence-corrected chi connectivity index (χ4v) is 10.5. The molecule has 6 heteroatoms. The summed E-state index contributed by atoms with van der Waals surface area (Å²) in [6, 6.07) is 0. The Morgan fingerprint density at radius 1 is 0.253 bits per heavy atom. The highest BCUT2D eigenvalue weighted by Gasteiger charge is 2.19. The molecule has 0 heterocycles. The van der Waals surface area contributed by atoms with E-state index < -0.39 is 6.10 Å². The van der Waals surface area contributed by atoms with Crippen molar-refractivity contribution in [2.45, 2.75) is 374 Å². The first-order chi connectivity index (χ1) is 41.0. The third-order valence-corrected chi connectivity index (χ3v) is 15.9. The van der Waals surface area contributed by atoms with Crippen LogP contribution in [0, 0.1) is 0 Å². The van der Waals surface area contributed by atoms with Crippen LogP contribution in [0.15, 0.2) is 85.1 Å². The van der Waals surface area contributed by atoms with E-state index in [0.717, 1.165) is 77.0 Å². The Morgan fingerprint density at radius 3 is 0.783 bits per heavy atom. The van der Waals surface area contributed by atoms with Crippen LogP contribution in [-0.2, 0) is 28.6 Å². The Balaban J connectivity index is 4.32. The lowest BCUT2D eigenvalue weighted by Crippen LogP contribution is -2.30. The highest BCUT2D eigenvalue weighted by molar-refractivity contribution is 5.71. The van der Waals surface area contributed by atoms with E-state index in [2.05, 4.69) is 99.8 Å². The van der Waals surface area contributed by atoms with Crippen molar-refractivity contribution in [1.29, 1.82) is 0 Å². The van der Waals surface area contributed by atoms with E-state index in [1.807, 2.05) is 6.08 Å². The standard InChI is InChI=1S/C77H136O6/c1-4-7-10-13-16-19-22-25-28-31-33-34-35-36-37-38-39-40-41-42-44-46-49-52-55-58-61-64-67-70-76(79)82-73-74(72-81-75(78)69-66-63-60-57-54-51-48-45-30-27-24-21-18-15-12-9-6-3)83-77(80)71-68-65-62-59-56-53-50-47-43-32-29-26-23-20-17-14-11-8-5-2/h8,11,17,20,26-27,29-30,43,47,53,56,62,65,74H,4-7,9-10,12-16,18-19,21-25,28,31-42,44-46,48-52,54-55,57-61,63-64,66-73H2,1-3H3/b11-8-,20-17-,29-26-,30-27-,47-43-,56-53-,65-62-. The molecule has 0 aromatic rings. The monoisotopic (exact) mass is 1160 g/mol. The molecule has 0 aromatic carbocycles. The maximum absolute atomic E-state index is 12.9. The van der Waals surface area contributed by atoms with Crippen molar-refractivity contribution in [1.82, 2.24) is 0 Å². The van der Waals surface area contributed by atoms with Gasteiger partial charge in [-0.1, -0.05) is 350 Å². The Morgan fingerprint density at radius 2 is 0.494 bits per heavy atom. The maximum atomic E-state index is 12.9. The van der Waals surface area contributed by atoms with Crippen LogP contribution < -0.4 is 0 Å². The molecular weight excluding hydrogens is 1020 g/mol. The molecule has 0 aromatic heterocycles. The van der Waals surface area contributed by atoms with Crippen molar-refractivity contribution in [2.75, 3.05) is 13.2 Å². The van der Waals surface area contributed by atoms with E-state index in [9.17, 15) is 14.4 Å². The van der Waals surface area contributed by atoms with Gasteiger partial charge in [0.1, 0.15) is 13.2 Å². The number of hydrogen-bond donors (Lipinski definition) is 0. The molecule has 0 radical (unpaired) electrons. The minimum atomic E-state index is -0.820. The average Bonchev–Trinajstić information content (AvgIpc) is 3.49. The van der Waals surface area contributed by atoms with Crippen molar-refractivity contribution in [3.63, 3.8) is 0 Å². The van der Waals surface area contributed by atoms with Crippen molar-refractivity contribution < 1.29 is 28.6 Å². The maximum Gasteiger partial charge on any atom is 0.306 e. The predicted octanol–water partition coefficient (Wildman–Crippen LogP) is 25.0. The van der Waals surface area contributed by atoms with Gasteiger partial charge in [0.25, 0.3) is 0 Å². The molecule has 0 spiro atoms. The van der Waals surface area contributed by atoms with Crippen molar-refractivity contribution >= 4 is 17.9 Å². The van der Waals surface area contributed by atoms with Crippen molar-refractivity contribution in [3.8, 4) is 0 Å². The van der Waals surface area contributed by atoms with E-state index in [0.29, 0.717) is 19.3 Å². The Hall–Kier alpha value is -3.41. The van der Waals surface area contributed by atoms with E-state index in [-0.39, 0.29) is 37.5 Å². The minimum Gasteiger partial charge on any atom is -0.462 e. The summed E-state index contributed by atoms with van der Waals surface area (Å²) in [6.45, 7) is 6.51. The Labute approximate surface area is 515 Å². The number of carbonyl (C=O) groups is 3. The SMILES string of the molecule is CC/C=C\C/C=C\C/C=C\C/C=C\C/C=C\C/C=C\CCC(=O)OC(COC(=O)CCCCCCCCC/C=C\CCCCCCCC)COC(=O)CCCCCCCCCCCCCCCCCCCCCCCCCCCCCCC. The van der Waals surface area contributed by atoms with E-state index in [4.69, 9.17) is 14.2 Å². The predicted molar refractivity (Wildman–Crippen MR) is 362 cm³/mol. The fourth-order valence-electron chi connectivity index (χ4n) is 10.5. The molecule has 0 saturated carbocycles. The first-order valence-corrected chi connectivity index (χ1v) is 36.1. The summed E-state index contributed by atoms with van der Waals surface area (Å²) in [7, 11) is 0. The fraction of sp³-hybridized carbons (Fsp3) is 0.779. The molecule has 0 amide bonds. The summed E-state index contributed by atoms with van der Waals surface area (Å²) in [6.07, 6.45) is 95.0. The van der Waals surface area contributed by atoms with E-state index in [1.165, 1.54) is 244 Å². The van der Waals surface area contributed by atoms with Crippen molar-refractivity contribution in [2.24, 2.45) is 0 Å². The second-order valence-corrected chi connectivity index (χ2v) is 24.1. The number of unbranched alkanes of at least 4 members (excludes halogenated alkanes) is 41. The molecule has 0 saturated heterocycles. The van der Waals surface area contributed by atoms with Gasteiger partial charge in [-0.05, 0) is 83.5 Å². The zero-order valence-corrected chi connectivity index (χ0v) is 55.2. The molecule has 6 nitrogen and oxygen atoms in total. The van der Waals surface area contributed by atoms with Crippen molar-refractivity contribution in [3.05, 3.63) is 85.1 Å². The number of allylic oxidation sites excluding steroid dienone is 14. The molecule has 0 aliphatic rings. The summed E-state index contributed by atoms with van der Waals surface area (Å²) < 4.78 is 16.9. The molecule has 0 fully saturated rings. The molecule has 83 heavy (non-hydrogen) atoms. The Bertz CT molecular complexity index is 1570. The second-order valence-electron chi connectivity index (χ2n) is 24.1. The topological polar surface area (TPSA) is 78.9 Å². The first kappa shape index (κ1) is 79.6. The van der Waals surface area contributed by atoms with Gasteiger partial charge in [-0.2, -0.15) is 0 Å². The molecule has 0 bridgehead atoms. The summed E-state index contributed by atoms with van der Waals surface area (Å²) in [5.41, 5.74) is 0. The van der Waals surface area contributed by atoms with Gasteiger partial charge in [0, 0.05) is 19.3 Å². The van der Waals surface area contributed by atoms with Gasteiger partial charge in [0.2, 0.25) is 0 Å². The zero-order chi connectivity index (χ0) is 59.9. The first-order valence-electron chi connectivity index (χ1n) is 36.1.